The number of hydrogen-bond donors (Lipinski definition) is 2. The molecule has 0 saturated carbocycles. The van der Waals surface area contributed by atoms with E-state index < -0.39 is 17.5 Å². The van der Waals surface area contributed by atoms with Crippen molar-refractivity contribution in [3.05, 3.63) is 126 Å². The molecule has 2 N–H and O–H groups in total. The number of carbonyl (C=O) groups is 2. The predicted molar refractivity (Wildman–Crippen MR) is 134 cm³/mol. The molecule has 4 aromatic rings. The fraction of sp³-hybridized carbons (Fsp3) is 0.0714. The minimum atomic E-state index is -1.99. The van der Waals surface area contributed by atoms with Crippen LogP contribution in [0, 0.1) is 0 Å². The Morgan fingerprint density at radius 1 is 0.778 bits per heavy atom. The number of nitrogens with one attached hydrogen (secondary N) is 1. The molecule has 0 saturated heterocycles. The molecule has 0 aliphatic heterocycles. The van der Waals surface area contributed by atoms with Crippen molar-refractivity contribution >= 4 is 23.3 Å². The number of methoxy groups -OCH3 is 1. The average molecular weight is 482 g/mol. The lowest BCUT2D eigenvalue weighted by Gasteiger charge is -2.25. The van der Waals surface area contributed by atoms with E-state index in [0.29, 0.717) is 28.3 Å². The van der Waals surface area contributed by atoms with Crippen molar-refractivity contribution in [1.29, 1.82) is 0 Å². The van der Waals surface area contributed by atoms with Crippen LogP contribution in [0.3, 0.4) is 0 Å². The third-order valence-corrected chi connectivity index (χ3v) is 5.40. The number of benzene rings is 4. The van der Waals surface area contributed by atoms with E-state index in [9.17, 15) is 14.7 Å². The van der Waals surface area contributed by atoms with Crippen LogP contribution < -0.4 is 10.2 Å². The first-order valence-corrected chi connectivity index (χ1v) is 11.0. The molecule has 8 nitrogen and oxygen atoms in total. The van der Waals surface area contributed by atoms with Crippen LogP contribution in [0.2, 0.25) is 0 Å². The van der Waals surface area contributed by atoms with Gasteiger partial charge in [0.15, 0.2) is 5.60 Å². The van der Waals surface area contributed by atoms with E-state index in [0.717, 1.165) is 0 Å². The van der Waals surface area contributed by atoms with Crippen LogP contribution in [0.25, 0.3) is 0 Å². The van der Waals surface area contributed by atoms with E-state index in [1.165, 1.54) is 7.11 Å². The first-order valence-electron chi connectivity index (χ1n) is 11.0. The number of hydrogen-bond acceptors (Lipinski definition) is 7. The lowest BCUT2D eigenvalue weighted by Crippen LogP contribution is -2.35. The van der Waals surface area contributed by atoms with Gasteiger partial charge in [-0.2, -0.15) is 0 Å². The highest BCUT2D eigenvalue weighted by Gasteiger charge is 2.40. The molecular weight excluding hydrogens is 458 g/mol. The maximum absolute atomic E-state index is 13.1. The Morgan fingerprint density at radius 2 is 1.33 bits per heavy atom. The minimum absolute atomic E-state index is 0.278. The van der Waals surface area contributed by atoms with Crippen LogP contribution in [0.1, 0.15) is 21.5 Å². The zero-order valence-electron chi connectivity index (χ0n) is 19.4. The van der Waals surface area contributed by atoms with Gasteiger partial charge in [-0.3, -0.25) is 4.79 Å². The zero-order valence-corrected chi connectivity index (χ0v) is 19.4. The predicted octanol–water partition coefficient (Wildman–Crippen LogP) is 5.43. The van der Waals surface area contributed by atoms with Crippen molar-refractivity contribution in [1.82, 2.24) is 0 Å². The summed E-state index contributed by atoms with van der Waals surface area (Å²) in [5.74, 6) is -1.04. The lowest BCUT2D eigenvalue weighted by atomic mass is 9.86. The molecule has 8 heteroatoms. The zero-order chi connectivity index (χ0) is 25.4. The number of azo groups is 1. The first kappa shape index (κ1) is 24.3. The van der Waals surface area contributed by atoms with Gasteiger partial charge >= 0.3 is 11.9 Å². The number of rotatable bonds is 8. The molecule has 4 aromatic carbocycles. The Morgan fingerprint density at radius 3 is 1.92 bits per heavy atom. The molecule has 0 aliphatic carbocycles. The quantitative estimate of drug-likeness (QED) is 0.257. The fourth-order valence-corrected chi connectivity index (χ4v) is 3.52. The van der Waals surface area contributed by atoms with Crippen molar-refractivity contribution in [3.8, 4) is 5.75 Å². The molecule has 1 amide bonds. The summed E-state index contributed by atoms with van der Waals surface area (Å²) in [5, 5.41) is 19.2. The fourth-order valence-electron chi connectivity index (χ4n) is 3.52. The van der Waals surface area contributed by atoms with E-state index in [1.54, 1.807) is 109 Å². The molecule has 0 fully saturated rings. The topological polar surface area (TPSA) is 110 Å². The highest BCUT2D eigenvalue weighted by atomic mass is 16.7. The molecule has 0 aromatic heterocycles. The molecule has 0 atom stereocenters. The molecule has 0 bridgehead atoms. The third kappa shape index (κ3) is 5.29. The lowest BCUT2D eigenvalue weighted by molar-refractivity contribution is -0.133. The van der Waals surface area contributed by atoms with Gasteiger partial charge in [0.2, 0.25) is 0 Å². The summed E-state index contributed by atoms with van der Waals surface area (Å²) in [6.45, 7) is 0. The number of ether oxygens (including phenoxy) is 1. The second kappa shape index (κ2) is 11.1. The molecule has 0 heterocycles. The number of amides is 1. The summed E-state index contributed by atoms with van der Waals surface area (Å²) >= 11 is 0. The highest BCUT2D eigenvalue weighted by molar-refractivity contribution is 5.93. The van der Waals surface area contributed by atoms with E-state index in [4.69, 9.17) is 9.57 Å². The van der Waals surface area contributed by atoms with Gasteiger partial charge in [-0.05, 0) is 47.5 Å². The Balaban J connectivity index is 1.46. The minimum Gasteiger partial charge on any atom is -0.496 e. The van der Waals surface area contributed by atoms with Crippen molar-refractivity contribution in [3.63, 3.8) is 0 Å². The van der Waals surface area contributed by atoms with Crippen LogP contribution in [-0.2, 0) is 15.2 Å². The van der Waals surface area contributed by atoms with E-state index in [1.807, 2.05) is 0 Å². The Hall–Kier alpha value is -4.82. The summed E-state index contributed by atoms with van der Waals surface area (Å²) in [6, 6.07) is 30.3. The largest absolute Gasteiger partial charge is 0.496 e. The number of aliphatic hydroxyl groups is 1. The van der Waals surface area contributed by atoms with Gasteiger partial charge < -0.3 is 14.7 Å². The van der Waals surface area contributed by atoms with Crippen LogP contribution >= 0.6 is 0 Å². The smallest absolute Gasteiger partial charge is 0.366 e. The number of para-hydroxylation sites is 1. The molecule has 4 rings (SSSR count). The van der Waals surface area contributed by atoms with Crippen molar-refractivity contribution < 1.29 is 24.3 Å². The van der Waals surface area contributed by atoms with Gasteiger partial charge in [-0.1, -0.05) is 72.8 Å². The standard InChI is InChI=1S/C28H23N3O5/c1-35-25-15-9-8-14-24(25)26(32)36-31-23-18-16-22(17-19-23)29-30-27(33)28(34,20-10-4-2-5-11-20)21-12-6-3-7-13-21/h2-19,31,34H,1H3. The maximum Gasteiger partial charge on any atom is 0.366 e. The Kier molecular flexibility index (Phi) is 7.48. The van der Waals surface area contributed by atoms with Gasteiger partial charge in [0.1, 0.15) is 11.3 Å². The molecule has 0 aliphatic rings. The molecule has 36 heavy (non-hydrogen) atoms. The summed E-state index contributed by atoms with van der Waals surface area (Å²) in [7, 11) is 1.47. The van der Waals surface area contributed by atoms with Gasteiger partial charge in [0, 0.05) is 0 Å². The molecule has 0 spiro atoms. The van der Waals surface area contributed by atoms with E-state index >= 15 is 0 Å². The maximum atomic E-state index is 13.1. The van der Waals surface area contributed by atoms with Gasteiger partial charge in [0.25, 0.3) is 0 Å². The monoisotopic (exact) mass is 481 g/mol. The Labute approximate surface area is 207 Å². The van der Waals surface area contributed by atoms with Gasteiger partial charge in [0.05, 0.1) is 18.5 Å². The summed E-state index contributed by atoms with van der Waals surface area (Å²) in [6.07, 6.45) is 0. The molecular formula is C28H23N3O5. The number of nitrogens with zero attached hydrogens (tertiary/aromatic N) is 2. The van der Waals surface area contributed by atoms with Crippen molar-refractivity contribution in [2.45, 2.75) is 5.60 Å². The van der Waals surface area contributed by atoms with E-state index in [2.05, 4.69) is 15.7 Å². The first-order chi connectivity index (χ1) is 17.5. The molecule has 0 unspecified atom stereocenters. The number of carbonyl (C=O) groups excluding carboxylic acids is 2. The van der Waals surface area contributed by atoms with Gasteiger partial charge in [-0.15, -0.1) is 10.2 Å². The summed E-state index contributed by atoms with van der Waals surface area (Å²) in [4.78, 5) is 30.5. The van der Waals surface area contributed by atoms with E-state index in [-0.39, 0.29) is 5.56 Å². The summed E-state index contributed by atoms with van der Waals surface area (Å²) in [5.41, 5.74) is 2.48. The number of anilines is 1. The van der Waals surface area contributed by atoms with Crippen LogP contribution in [0.5, 0.6) is 5.75 Å². The van der Waals surface area contributed by atoms with Crippen LogP contribution in [-0.4, -0.2) is 24.1 Å². The van der Waals surface area contributed by atoms with Gasteiger partial charge in [-0.25, -0.2) is 10.3 Å². The van der Waals surface area contributed by atoms with Crippen molar-refractivity contribution in [2.24, 2.45) is 10.2 Å². The van der Waals surface area contributed by atoms with Crippen LogP contribution in [0.15, 0.2) is 119 Å². The second-order valence-electron chi connectivity index (χ2n) is 7.69. The molecule has 180 valence electrons. The highest BCUT2D eigenvalue weighted by Crippen LogP contribution is 2.31. The average Bonchev–Trinajstić information content (AvgIpc) is 2.95. The third-order valence-electron chi connectivity index (χ3n) is 5.40. The molecule has 0 radical (unpaired) electrons. The second-order valence-corrected chi connectivity index (χ2v) is 7.69. The summed E-state index contributed by atoms with van der Waals surface area (Å²) < 4.78 is 5.16. The van der Waals surface area contributed by atoms with Crippen LogP contribution in [0.4, 0.5) is 11.4 Å². The Bertz CT molecular complexity index is 1320. The van der Waals surface area contributed by atoms with Crippen molar-refractivity contribution in [2.75, 3.05) is 12.6 Å². The SMILES string of the molecule is COc1ccccc1C(=O)ONc1ccc(N=NC(=O)C(O)(c2ccccc2)c2ccccc2)cc1. The normalized spacial score (nSPS) is 11.2.